The smallest absolute Gasteiger partial charge is 0.250 e. The van der Waals surface area contributed by atoms with Crippen LogP contribution in [0.15, 0.2) is 0 Å². The van der Waals surface area contributed by atoms with Gasteiger partial charge in [0.05, 0.1) is 23.9 Å². The van der Waals surface area contributed by atoms with Gasteiger partial charge in [-0.2, -0.15) is 0 Å². The van der Waals surface area contributed by atoms with Crippen LogP contribution in [0.2, 0.25) is 0 Å². The van der Waals surface area contributed by atoms with E-state index < -0.39 is 17.4 Å². The van der Waals surface area contributed by atoms with Crippen molar-refractivity contribution < 1.29 is 23.7 Å². The van der Waals surface area contributed by atoms with Crippen molar-refractivity contribution >= 4 is 0 Å². The molecule has 0 aromatic heterocycles. The van der Waals surface area contributed by atoms with Crippen molar-refractivity contribution in [3.8, 4) is 0 Å². The van der Waals surface area contributed by atoms with E-state index in [1.807, 2.05) is 20.8 Å². The van der Waals surface area contributed by atoms with Crippen LogP contribution in [-0.4, -0.2) is 40.0 Å². The Labute approximate surface area is 191 Å². The first-order valence-corrected chi connectivity index (χ1v) is 13.3. The van der Waals surface area contributed by atoms with E-state index in [0.717, 1.165) is 51.4 Å². The number of aliphatic hydroxyl groups excluding tert-OH is 1. The molecule has 1 aliphatic heterocycles. The lowest BCUT2D eigenvalue weighted by atomic mass is 9.48. The second-order valence-electron chi connectivity index (χ2n) is 13.7. The molecule has 1 heterocycles. The summed E-state index contributed by atoms with van der Waals surface area (Å²) in [4.78, 5) is 0. The molecule has 0 aromatic carbocycles. The van der Waals surface area contributed by atoms with Crippen LogP contribution in [0.5, 0.6) is 0 Å². The van der Waals surface area contributed by atoms with Gasteiger partial charge in [-0.1, -0.05) is 13.8 Å². The average Bonchev–Trinajstić information content (AvgIpc) is 2.96. The maximum Gasteiger partial charge on any atom is 0.250 e. The first kappa shape index (κ1) is 22.2. The summed E-state index contributed by atoms with van der Waals surface area (Å²) in [5, 5.41) is 21.8. The van der Waals surface area contributed by atoms with Crippen molar-refractivity contribution in [1.82, 2.24) is 0 Å². The zero-order valence-corrected chi connectivity index (χ0v) is 20.2. The van der Waals surface area contributed by atoms with Crippen LogP contribution in [0, 0.1) is 45.8 Å². The van der Waals surface area contributed by atoms with Crippen LogP contribution < -0.4 is 0 Å². The van der Waals surface area contributed by atoms with E-state index >= 15 is 0 Å². The Morgan fingerprint density at radius 2 is 1.56 bits per heavy atom. The monoisotopic (exact) mass is 452 g/mol. The van der Waals surface area contributed by atoms with E-state index in [1.165, 1.54) is 0 Å². The first-order chi connectivity index (χ1) is 14.9. The maximum atomic E-state index is 14.6. The number of fused-ring (bicyclic) bond motifs is 2. The minimum absolute atomic E-state index is 0.0170. The topological polar surface area (TPSA) is 49.7 Å². The highest BCUT2D eigenvalue weighted by Gasteiger charge is 2.80. The lowest BCUT2D eigenvalue weighted by Gasteiger charge is -2.57. The van der Waals surface area contributed by atoms with E-state index in [-0.39, 0.29) is 52.8 Å². The number of alkyl halides is 2. The normalized spacial score (nSPS) is 58.5. The van der Waals surface area contributed by atoms with Crippen molar-refractivity contribution in [2.24, 2.45) is 45.8 Å². The molecule has 11 atom stereocenters. The van der Waals surface area contributed by atoms with Crippen LogP contribution in [0.25, 0.3) is 0 Å². The predicted octanol–water partition coefficient (Wildman–Crippen LogP) is 5.57. The third kappa shape index (κ3) is 2.62. The number of ether oxygens (including phenoxy) is 1. The molecule has 10 unspecified atom stereocenters. The van der Waals surface area contributed by atoms with Gasteiger partial charge in [0.1, 0.15) is 0 Å². The molecule has 0 amide bonds. The zero-order valence-electron chi connectivity index (χ0n) is 20.2. The molecular formula is C27H42F2O3. The van der Waals surface area contributed by atoms with Gasteiger partial charge < -0.3 is 14.9 Å². The quantitative estimate of drug-likeness (QED) is 0.576. The minimum atomic E-state index is -2.50. The number of halogens is 2. The van der Waals surface area contributed by atoms with Gasteiger partial charge in [0.25, 0.3) is 5.92 Å². The number of hydrogen-bond acceptors (Lipinski definition) is 3. The summed E-state index contributed by atoms with van der Waals surface area (Å²) in [7, 11) is 0. The average molecular weight is 453 g/mol. The van der Waals surface area contributed by atoms with Crippen LogP contribution in [0.1, 0.15) is 91.9 Å². The van der Waals surface area contributed by atoms with E-state index in [0.29, 0.717) is 18.3 Å². The summed E-state index contributed by atoms with van der Waals surface area (Å²) in [6.45, 7) is 7.85. The van der Waals surface area contributed by atoms with Crippen molar-refractivity contribution in [3.05, 3.63) is 0 Å². The Balaban J connectivity index is 1.26. The van der Waals surface area contributed by atoms with Gasteiger partial charge in [-0.3, -0.25) is 0 Å². The predicted molar refractivity (Wildman–Crippen MR) is 118 cm³/mol. The van der Waals surface area contributed by atoms with E-state index in [9.17, 15) is 19.0 Å². The second kappa shape index (κ2) is 6.49. The molecule has 6 fully saturated rings. The largest absolute Gasteiger partial charge is 0.393 e. The third-order valence-electron chi connectivity index (χ3n) is 12.2. The van der Waals surface area contributed by atoms with Crippen LogP contribution >= 0.6 is 0 Å². The van der Waals surface area contributed by atoms with Crippen LogP contribution in [0.3, 0.4) is 0 Å². The molecule has 32 heavy (non-hydrogen) atoms. The van der Waals surface area contributed by atoms with E-state index in [4.69, 9.17) is 4.74 Å². The molecule has 1 saturated heterocycles. The van der Waals surface area contributed by atoms with Crippen molar-refractivity contribution in [2.45, 2.75) is 122 Å². The van der Waals surface area contributed by atoms with Crippen molar-refractivity contribution in [3.63, 3.8) is 0 Å². The van der Waals surface area contributed by atoms with Gasteiger partial charge in [-0.15, -0.1) is 0 Å². The highest BCUT2D eigenvalue weighted by Crippen LogP contribution is 2.86. The fraction of sp³-hybridized carbons (Fsp3) is 1.00. The maximum absolute atomic E-state index is 14.6. The molecule has 2 N–H and O–H groups in total. The Bertz CT molecular complexity index is 794. The molecule has 5 heteroatoms. The summed E-state index contributed by atoms with van der Waals surface area (Å²) in [6.07, 6.45) is 8.27. The molecule has 0 bridgehead atoms. The second-order valence-corrected chi connectivity index (χ2v) is 13.7. The van der Waals surface area contributed by atoms with Crippen molar-refractivity contribution in [1.29, 1.82) is 0 Å². The SMILES string of the molecule is CC1C2CCC3C4CC(O)C(C5CCC(C(C)(C)O)O5)[C@@]4(C)CCC34CC24CCC1(F)F. The summed E-state index contributed by atoms with van der Waals surface area (Å²) in [5.74, 6) is -1.64. The lowest BCUT2D eigenvalue weighted by molar-refractivity contribution is -0.165. The van der Waals surface area contributed by atoms with Gasteiger partial charge in [0, 0.05) is 18.3 Å². The number of aliphatic hydroxyl groups is 2. The Morgan fingerprint density at radius 3 is 2.25 bits per heavy atom. The first-order valence-electron chi connectivity index (χ1n) is 13.3. The lowest BCUT2D eigenvalue weighted by Crippen LogP contribution is -2.53. The van der Waals surface area contributed by atoms with E-state index in [1.54, 1.807) is 0 Å². The minimum Gasteiger partial charge on any atom is -0.393 e. The summed E-state index contributed by atoms with van der Waals surface area (Å²) in [6, 6.07) is 0. The van der Waals surface area contributed by atoms with Crippen LogP contribution in [0.4, 0.5) is 8.78 Å². The van der Waals surface area contributed by atoms with Gasteiger partial charge in [-0.25, -0.2) is 8.78 Å². The molecule has 3 nitrogen and oxygen atoms in total. The molecule has 5 aliphatic carbocycles. The fourth-order valence-corrected chi connectivity index (χ4v) is 10.7. The Hall–Kier alpha value is -0.260. The van der Waals surface area contributed by atoms with Crippen LogP contribution in [-0.2, 0) is 4.74 Å². The highest BCUT2D eigenvalue weighted by atomic mass is 19.3. The zero-order chi connectivity index (χ0) is 22.9. The molecule has 182 valence electrons. The number of rotatable bonds is 2. The molecule has 2 spiro atoms. The molecule has 0 aromatic rings. The van der Waals surface area contributed by atoms with Gasteiger partial charge >= 0.3 is 0 Å². The van der Waals surface area contributed by atoms with Gasteiger partial charge in [0.15, 0.2) is 0 Å². The highest BCUT2D eigenvalue weighted by molar-refractivity contribution is 5.28. The Kier molecular flexibility index (Phi) is 4.50. The summed E-state index contributed by atoms with van der Waals surface area (Å²) >= 11 is 0. The number of hydrogen-bond donors (Lipinski definition) is 2. The van der Waals surface area contributed by atoms with Gasteiger partial charge in [0.2, 0.25) is 0 Å². The molecule has 6 aliphatic rings. The summed E-state index contributed by atoms with van der Waals surface area (Å²) in [5.41, 5.74) is -0.397. The molecule has 0 radical (unpaired) electrons. The molecule has 5 saturated carbocycles. The molecule has 6 rings (SSSR count). The fourth-order valence-electron chi connectivity index (χ4n) is 10.7. The Morgan fingerprint density at radius 1 is 0.906 bits per heavy atom. The third-order valence-corrected chi connectivity index (χ3v) is 12.2. The molecular weight excluding hydrogens is 410 g/mol. The summed E-state index contributed by atoms with van der Waals surface area (Å²) < 4.78 is 35.6. The van der Waals surface area contributed by atoms with Gasteiger partial charge in [-0.05, 0) is 106 Å². The standard InChI is InChI=1S/C27H42F2O3/c1-15-16-5-6-17-18-13-19(30)22(20-7-8-21(32-20)23(2,3)31)24(18,4)9-10-26(17)14-25(16,26)11-12-27(15,28)29/h15-22,30-31H,5-14H2,1-4H3/t15?,16?,17?,18?,19?,20?,21?,22?,24-,25?,26?/m0/s1. The van der Waals surface area contributed by atoms with E-state index in [2.05, 4.69) is 6.92 Å². The van der Waals surface area contributed by atoms with Crippen molar-refractivity contribution in [2.75, 3.05) is 0 Å².